The van der Waals surface area contributed by atoms with Crippen LogP contribution >= 0.6 is 0 Å². The van der Waals surface area contributed by atoms with E-state index in [9.17, 15) is 24.3 Å². The molecule has 12 nitrogen and oxygen atoms in total. The minimum Gasteiger partial charge on any atom is -0.480 e. The monoisotopic (exact) mass is 478 g/mol. The number of benzene rings is 1. The Balaban J connectivity index is 0.000000489. The summed E-state index contributed by atoms with van der Waals surface area (Å²) >= 11 is 0. The Labute approximate surface area is 197 Å². The summed E-state index contributed by atoms with van der Waals surface area (Å²) in [6.45, 7) is 0.604. The molecule has 0 saturated carbocycles. The number of carbonyl (C=O) groups is 4. The molecule has 1 aromatic heterocycles. The number of carboxylic acids is 2. The Bertz CT molecular complexity index is 962. The molecular formula is C22H34N6O6. The zero-order chi connectivity index (χ0) is 25.7. The van der Waals surface area contributed by atoms with Gasteiger partial charge in [-0.3, -0.25) is 14.4 Å². The van der Waals surface area contributed by atoms with E-state index >= 15 is 0 Å². The standard InChI is InChI=1S/C16H20N4O4.C6H14N2O2/c17-11(5-6-14(18)21)15(22)20-13(16(23)24)7-9-8-19-12-4-2-1-3-10(9)12;7-4-2-1-3-5(8)6(9)10/h1-4,8,11,13,19H,5-7,17H2,(H2,18,21)(H,20,22)(H,23,24);5H,1-4,7-8H2,(H,9,10)/t11-,13-;5-/m00/s1. The van der Waals surface area contributed by atoms with Gasteiger partial charge in [0.1, 0.15) is 12.1 Å². The molecule has 0 radical (unpaired) electrons. The molecule has 2 amide bonds. The number of carbonyl (C=O) groups excluding carboxylic acids is 2. The van der Waals surface area contributed by atoms with Crippen LogP contribution in [0.25, 0.3) is 10.9 Å². The van der Waals surface area contributed by atoms with Crippen LogP contribution in [0.4, 0.5) is 0 Å². The van der Waals surface area contributed by atoms with Crippen molar-refractivity contribution in [3.05, 3.63) is 36.0 Å². The molecule has 2 rings (SSSR count). The molecule has 188 valence electrons. The smallest absolute Gasteiger partial charge is 0.326 e. The van der Waals surface area contributed by atoms with Crippen LogP contribution in [0.5, 0.6) is 0 Å². The van der Waals surface area contributed by atoms with E-state index in [-0.39, 0.29) is 19.3 Å². The fourth-order valence-corrected chi connectivity index (χ4v) is 3.06. The Morgan fingerprint density at radius 3 is 2.24 bits per heavy atom. The van der Waals surface area contributed by atoms with Crippen LogP contribution in [0.2, 0.25) is 0 Å². The third-order valence-corrected chi connectivity index (χ3v) is 5.04. The van der Waals surface area contributed by atoms with Gasteiger partial charge in [-0.25, -0.2) is 4.79 Å². The first-order valence-electron chi connectivity index (χ1n) is 10.9. The number of nitrogens with one attached hydrogen (secondary N) is 2. The summed E-state index contributed by atoms with van der Waals surface area (Å²) in [6, 6.07) is 4.67. The summed E-state index contributed by atoms with van der Waals surface area (Å²) in [5.74, 6) is -3.27. The van der Waals surface area contributed by atoms with Gasteiger partial charge in [-0.2, -0.15) is 0 Å². The molecule has 0 spiro atoms. The first-order valence-corrected chi connectivity index (χ1v) is 10.9. The molecule has 0 aliphatic carbocycles. The maximum atomic E-state index is 12.0. The Hall–Kier alpha value is -3.48. The van der Waals surface area contributed by atoms with Crippen molar-refractivity contribution in [3.63, 3.8) is 0 Å². The van der Waals surface area contributed by atoms with Crippen LogP contribution in [0.15, 0.2) is 30.5 Å². The highest BCUT2D eigenvalue weighted by atomic mass is 16.4. The maximum Gasteiger partial charge on any atom is 0.326 e. The summed E-state index contributed by atoms with van der Waals surface area (Å²) in [6.07, 6.45) is 4.04. The molecule has 34 heavy (non-hydrogen) atoms. The van der Waals surface area contributed by atoms with Gasteiger partial charge >= 0.3 is 11.9 Å². The highest BCUT2D eigenvalue weighted by Gasteiger charge is 2.24. The molecular weight excluding hydrogens is 444 g/mol. The van der Waals surface area contributed by atoms with Crippen LogP contribution in [0.3, 0.4) is 0 Å². The fourth-order valence-electron chi connectivity index (χ4n) is 3.06. The van der Waals surface area contributed by atoms with Crippen LogP contribution in [0.1, 0.15) is 37.7 Å². The number of unbranched alkanes of at least 4 members (excludes halogenated alkanes) is 1. The van der Waals surface area contributed by atoms with E-state index in [0.29, 0.717) is 13.0 Å². The third kappa shape index (κ3) is 9.98. The van der Waals surface area contributed by atoms with Gasteiger partial charge in [0.2, 0.25) is 11.8 Å². The molecule has 12 heteroatoms. The van der Waals surface area contributed by atoms with E-state index < -0.39 is 41.9 Å². The molecule has 1 aromatic carbocycles. The second kappa shape index (κ2) is 14.6. The number of aromatic nitrogens is 1. The predicted molar refractivity (Wildman–Crippen MR) is 126 cm³/mol. The zero-order valence-electron chi connectivity index (χ0n) is 18.9. The molecule has 0 saturated heterocycles. The predicted octanol–water partition coefficient (Wildman–Crippen LogP) is -0.600. The number of fused-ring (bicyclic) bond motifs is 1. The van der Waals surface area contributed by atoms with Gasteiger partial charge in [0.15, 0.2) is 0 Å². The molecule has 1 heterocycles. The summed E-state index contributed by atoms with van der Waals surface area (Å²) < 4.78 is 0. The van der Waals surface area contributed by atoms with Crippen molar-refractivity contribution in [2.45, 2.75) is 56.7 Å². The minimum absolute atomic E-state index is 0.0330. The number of para-hydroxylation sites is 1. The number of nitrogens with two attached hydrogens (primary N) is 4. The molecule has 3 atom stereocenters. The normalized spacial score (nSPS) is 13.3. The molecule has 2 aromatic rings. The molecule has 0 aliphatic heterocycles. The largest absolute Gasteiger partial charge is 0.480 e. The highest BCUT2D eigenvalue weighted by Crippen LogP contribution is 2.19. The van der Waals surface area contributed by atoms with Gasteiger partial charge < -0.3 is 43.4 Å². The Morgan fingerprint density at radius 1 is 0.971 bits per heavy atom. The third-order valence-electron chi connectivity index (χ3n) is 5.04. The topological polar surface area (TPSA) is 241 Å². The molecule has 0 aliphatic rings. The lowest BCUT2D eigenvalue weighted by Crippen LogP contribution is -2.49. The lowest BCUT2D eigenvalue weighted by molar-refractivity contribution is -0.142. The number of carboxylic acid groups (broad SMARTS) is 2. The fraction of sp³-hybridized carbons (Fsp3) is 0.455. The van der Waals surface area contributed by atoms with Crippen molar-refractivity contribution < 1.29 is 29.4 Å². The van der Waals surface area contributed by atoms with Crippen molar-refractivity contribution in [1.82, 2.24) is 10.3 Å². The average molecular weight is 479 g/mol. The summed E-state index contributed by atoms with van der Waals surface area (Å²) in [5.41, 5.74) is 22.8. The summed E-state index contributed by atoms with van der Waals surface area (Å²) in [7, 11) is 0. The first-order chi connectivity index (χ1) is 16.1. The molecule has 0 fully saturated rings. The first kappa shape index (κ1) is 28.6. The summed E-state index contributed by atoms with van der Waals surface area (Å²) in [4.78, 5) is 47.4. The maximum absolute atomic E-state index is 12.0. The van der Waals surface area contributed by atoms with Crippen LogP contribution in [-0.2, 0) is 25.6 Å². The number of amides is 2. The van der Waals surface area contributed by atoms with E-state index in [2.05, 4.69) is 10.3 Å². The second-order valence-electron chi connectivity index (χ2n) is 7.80. The van der Waals surface area contributed by atoms with Gasteiger partial charge in [-0.15, -0.1) is 0 Å². The van der Waals surface area contributed by atoms with Gasteiger partial charge in [0, 0.05) is 29.9 Å². The number of rotatable bonds is 13. The number of aromatic amines is 1. The number of aliphatic carboxylic acids is 2. The second-order valence-corrected chi connectivity index (χ2v) is 7.80. The van der Waals surface area contributed by atoms with E-state index in [1.54, 1.807) is 6.20 Å². The number of primary amides is 1. The van der Waals surface area contributed by atoms with Crippen molar-refractivity contribution in [2.24, 2.45) is 22.9 Å². The van der Waals surface area contributed by atoms with Crippen LogP contribution in [-0.4, -0.2) is 63.6 Å². The van der Waals surface area contributed by atoms with E-state index in [4.69, 9.17) is 28.0 Å². The zero-order valence-corrected chi connectivity index (χ0v) is 18.9. The Morgan fingerprint density at radius 2 is 1.65 bits per heavy atom. The van der Waals surface area contributed by atoms with Crippen molar-refractivity contribution >= 4 is 34.7 Å². The van der Waals surface area contributed by atoms with Crippen LogP contribution < -0.4 is 28.3 Å². The van der Waals surface area contributed by atoms with Gasteiger partial charge in [-0.1, -0.05) is 24.6 Å². The molecule has 0 unspecified atom stereocenters. The van der Waals surface area contributed by atoms with Gasteiger partial charge in [-0.05, 0) is 37.4 Å². The van der Waals surface area contributed by atoms with E-state index in [0.717, 1.165) is 29.3 Å². The van der Waals surface area contributed by atoms with Crippen molar-refractivity contribution in [1.29, 1.82) is 0 Å². The lowest BCUT2D eigenvalue weighted by atomic mass is 10.0. The van der Waals surface area contributed by atoms with Crippen molar-refractivity contribution in [2.75, 3.05) is 6.54 Å². The van der Waals surface area contributed by atoms with Crippen molar-refractivity contribution in [3.8, 4) is 0 Å². The van der Waals surface area contributed by atoms with Gasteiger partial charge in [0.25, 0.3) is 0 Å². The average Bonchev–Trinajstić information content (AvgIpc) is 3.20. The SMILES string of the molecule is NC(=O)CC[C@H](N)C(=O)N[C@@H](Cc1c[nH]c2ccccc12)C(=O)O.NCCCC[C@H](N)C(=O)O. The number of hydrogen-bond donors (Lipinski definition) is 8. The van der Waals surface area contributed by atoms with E-state index in [1.807, 2.05) is 24.3 Å². The number of H-pyrrole nitrogens is 1. The Kier molecular flexibility index (Phi) is 12.3. The van der Waals surface area contributed by atoms with Crippen LogP contribution in [0, 0.1) is 0 Å². The number of hydrogen-bond acceptors (Lipinski definition) is 7. The lowest BCUT2D eigenvalue weighted by Gasteiger charge is -2.17. The quantitative estimate of drug-likeness (QED) is 0.171. The summed E-state index contributed by atoms with van der Waals surface area (Å²) in [5, 5.41) is 21.0. The minimum atomic E-state index is -1.16. The highest BCUT2D eigenvalue weighted by molar-refractivity contribution is 5.88. The molecule has 12 N–H and O–H groups in total. The van der Waals surface area contributed by atoms with Gasteiger partial charge in [0.05, 0.1) is 6.04 Å². The molecule has 0 bridgehead atoms. The van der Waals surface area contributed by atoms with E-state index in [1.165, 1.54) is 0 Å².